The first-order chi connectivity index (χ1) is 16.8. The monoisotopic (exact) mass is 497 g/mol. The quantitative estimate of drug-likeness (QED) is 0.399. The van der Waals surface area contributed by atoms with Gasteiger partial charge in [0.25, 0.3) is 5.91 Å². The summed E-state index contributed by atoms with van der Waals surface area (Å²) in [5.41, 5.74) is 3.23. The molecule has 0 radical (unpaired) electrons. The lowest BCUT2D eigenvalue weighted by Gasteiger charge is -2.13. The molecule has 0 saturated heterocycles. The number of halogens is 1. The standard InChI is InChI=1S/C23H20ClN3O4.2C2H6/c1-13-17(22(28)26-16-7-5-15(24)6-8-16)10-20(27(13)2)18-11-21(30-3)14(12-25)9-19(18)23(29)31-4;2*1-2/h5-11H,1-4H3,(H,26,28);2*1-2H3. The number of hydrogen-bond acceptors (Lipinski definition) is 5. The van der Waals surface area contributed by atoms with Gasteiger partial charge in [0.2, 0.25) is 0 Å². The van der Waals surface area contributed by atoms with Gasteiger partial charge in [0.05, 0.1) is 30.9 Å². The van der Waals surface area contributed by atoms with Crippen LogP contribution in [0, 0.1) is 18.3 Å². The first kappa shape index (κ1) is 29.3. The molecular weight excluding hydrogens is 466 g/mol. The van der Waals surface area contributed by atoms with E-state index in [9.17, 15) is 14.9 Å². The molecule has 7 nitrogen and oxygen atoms in total. The zero-order valence-electron chi connectivity index (χ0n) is 21.4. The number of nitrogens with zero attached hydrogens (tertiary/aromatic N) is 2. The molecule has 0 fully saturated rings. The average molecular weight is 498 g/mol. The zero-order chi connectivity index (χ0) is 26.7. The first-order valence-electron chi connectivity index (χ1n) is 11.2. The number of aromatic nitrogens is 1. The first-order valence-corrected chi connectivity index (χ1v) is 11.6. The molecular formula is C27H32ClN3O4. The SMILES string of the molecule is CC.CC.COC(=O)c1cc(C#N)c(OC)cc1-c1cc(C(=O)Nc2ccc(Cl)cc2)c(C)n1C. The van der Waals surface area contributed by atoms with Gasteiger partial charge in [-0.1, -0.05) is 39.3 Å². The van der Waals surface area contributed by atoms with E-state index in [0.29, 0.717) is 39.0 Å². The fraction of sp³-hybridized carbons (Fsp3) is 0.296. The molecule has 1 N–H and O–H groups in total. The minimum atomic E-state index is -0.597. The van der Waals surface area contributed by atoms with Gasteiger partial charge in [-0.3, -0.25) is 4.79 Å². The minimum Gasteiger partial charge on any atom is -0.495 e. The third-order valence-electron chi connectivity index (χ3n) is 5.02. The van der Waals surface area contributed by atoms with Crippen LogP contribution in [0.25, 0.3) is 11.3 Å². The van der Waals surface area contributed by atoms with Crippen molar-refractivity contribution >= 4 is 29.2 Å². The molecule has 0 atom stereocenters. The summed E-state index contributed by atoms with van der Waals surface area (Å²) in [5, 5.41) is 12.8. The Balaban J connectivity index is 0.00000145. The smallest absolute Gasteiger partial charge is 0.338 e. The summed E-state index contributed by atoms with van der Waals surface area (Å²) in [5.74, 6) is -0.585. The van der Waals surface area contributed by atoms with Gasteiger partial charge < -0.3 is 19.4 Å². The summed E-state index contributed by atoms with van der Waals surface area (Å²) in [4.78, 5) is 25.3. The summed E-state index contributed by atoms with van der Waals surface area (Å²) in [6.07, 6.45) is 0. The molecule has 2 aromatic carbocycles. The molecule has 8 heteroatoms. The van der Waals surface area contributed by atoms with Crippen molar-refractivity contribution in [2.75, 3.05) is 19.5 Å². The van der Waals surface area contributed by atoms with Crippen molar-refractivity contribution in [1.82, 2.24) is 4.57 Å². The molecule has 3 rings (SSSR count). The van der Waals surface area contributed by atoms with Crippen LogP contribution in [-0.2, 0) is 11.8 Å². The Morgan fingerprint density at radius 2 is 1.60 bits per heavy atom. The summed E-state index contributed by atoms with van der Waals surface area (Å²) in [6, 6.07) is 13.5. The Labute approximate surface area is 212 Å². The third kappa shape index (κ3) is 6.65. The number of nitrogens with one attached hydrogen (secondary N) is 1. The molecule has 3 aromatic rings. The van der Waals surface area contributed by atoms with Gasteiger partial charge in [0.1, 0.15) is 11.8 Å². The second-order valence-corrected chi connectivity index (χ2v) is 7.19. The van der Waals surface area contributed by atoms with E-state index < -0.39 is 5.97 Å². The van der Waals surface area contributed by atoms with E-state index in [-0.39, 0.29) is 17.0 Å². The van der Waals surface area contributed by atoms with Gasteiger partial charge in [0, 0.05) is 34.7 Å². The molecule has 1 heterocycles. The third-order valence-corrected chi connectivity index (χ3v) is 5.28. The fourth-order valence-electron chi connectivity index (χ4n) is 3.25. The van der Waals surface area contributed by atoms with Crippen molar-refractivity contribution in [2.45, 2.75) is 34.6 Å². The molecule has 1 amide bonds. The number of rotatable bonds is 5. The van der Waals surface area contributed by atoms with Crippen molar-refractivity contribution < 1.29 is 19.1 Å². The maximum Gasteiger partial charge on any atom is 0.338 e. The molecule has 186 valence electrons. The van der Waals surface area contributed by atoms with Gasteiger partial charge in [-0.15, -0.1) is 0 Å². The molecule has 0 spiro atoms. The summed E-state index contributed by atoms with van der Waals surface area (Å²) >= 11 is 5.90. The van der Waals surface area contributed by atoms with Crippen LogP contribution in [0.3, 0.4) is 0 Å². The second kappa shape index (κ2) is 13.8. The zero-order valence-corrected chi connectivity index (χ0v) is 22.2. The Hall–Kier alpha value is -3.76. The fourth-order valence-corrected chi connectivity index (χ4v) is 3.37. The van der Waals surface area contributed by atoms with Crippen molar-refractivity contribution in [1.29, 1.82) is 5.26 Å². The number of benzene rings is 2. The molecule has 0 aliphatic heterocycles. The van der Waals surface area contributed by atoms with Crippen molar-refractivity contribution in [3.63, 3.8) is 0 Å². The topological polar surface area (TPSA) is 93.4 Å². The van der Waals surface area contributed by atoms with Gasteiger partial charge in [-0.25, -0.2) is 4.79 Å². The van der Waals surface area contributed by atoms with Crippen LogP contribution < -0.4 is 10.1 Å². The van der Waals surface area contributed by atoms with Crippen LogP contribution in [0.2, 0.25) is 5.02 Å². The number of anilines is 1. The van der Waals surface area contributed by atoms with Crippen molar-refractivity contribution in [2.24, 2.45) is 7.05 Å². The number of nitriles is 1. The van der Waals surface area contributed by atoms with Crippen LogP contribution in [0.1, 0.15) is 59.7 Å². The maximum atomic E-state index is 12.9. The van der Waals surface area contributed by atoms with Crippen LogP contribution in [0.5, 0.6) is 5.75 Å². The van der Waals surface area contributed by atoms with E-state index >= 15 is 0 Å². The van der Waals surface area contributed by atoms with Crippen LogP contribution >= 0.6 is 11.6 Å². The number of carbonyl (C=O) groups is 2. The Bertz CT molecular complexity index is 1210. The van der Waals surface area contributed by atoms with Gasteiger partial charge >= 0.3 is 5.97 Å². The largest absolute Gasteiger partial charge is 0.495 e. The lowest BCUT2D eigenvalue weighted by atomic mass is 10.00. The van der Waals surface area contributed by atoms with Crippen molar-refractivity contribution in [3.05, 3.63) is 69.9 Å². The Kier molecular flexibility index (Phi) is 11.6. The highest BCUT2D eigenvalue weighted by molar-refractivity contribution is 6.30. The lowest BCUT2D eigenvalue weighted by molar-refractivity contribution is 0.0601. The van der Waals surface area contributed by atoms with Crippen LogP contribution in [-0.4, -0.2) is 30.7 Å². The average Bonchev–Trinajstić information content (AvgIpc) is 3.20. The van der Waals surface area contributed by atoms with E-state index in [1.165, 1.54) is 20.3 Å². The minimum absolute atomic E-state index is 0.199. The van der Waals surface area contributed by atoms with E-state index in [2.05, 4.69) is 5.32 Å². The molecule has 1 aromatic heterocycles. The highest BCUT2D eigenvalue weighted by Gasteiger charge is 2.23. The molecule has 0 unspecified atom stereocenters. The second-order valence-electron chi connectivity index (χ2n) is 6.75. The number of ether oxygens (including phenoxy) is 2. The summed E-state index contributed by atoms with van der Waals surface area (Å²) in [7, 11) is 4.50. The number of hydrogen-bond donors (Lipinski definition) is 1. The van der Waals surface area contributed by atoms with Gasteiger partial charge in [-0.05, 0) is 49.4 Å². The maximum absolute atomic E-state index is 12.9. The highest BCUT2D eigenvalue weighted by atomic mass is 35.5. The Morgan fingerprint density at radius 3 is 2.11 bits per heavy atom. The predicted molar refractivity (Wildman–Crippen MR) is 140 cm³/mol. The van der Waals surface area contributed by atoms with E-state index in [1.807, 2.05) is 33.8 Å². The van der Waals surface area contributed by atoms with Crippen LogP contribution in [0.4, 0.5) is 5.69 Å². The van der Waals surface area contributed by atoms with Crippen LogP contribution in [0.15, 0.2) is 42.5 Å². The molecule has 0 aliphatic rings. The van der Waals surface area contributed by atoms with Gasteiger partial charge in [-0.2, -0.15) is 5.26 Å². The number of methoxy groups -OCH3 is 2. The van der Waals surface area contributed by atoms with E-state index in [1.54, 1.807) is 54.9 Å². The van der Waals surface area contributed by atoms with E-state index in [0.717, 1.165) is 0 Å². The summed E-state index contributed by atoms with van der Waals surface area (Å²) < 4.78 is 12.0. The summed E-state index contributed by atoms with van der Waals surface area (Å²) in [6.45, 7) is 9.80. The predicted octanol–water partition coefficient (Wildman–Crippen LogP) is 6.63. The Morgan fingerprint density at radius 1 is 1.00 bits per heavy atom. The number of esters is 1. The molecule has 35 heavy (non-hydrogen) atoms. The van der Waals surface area contributed by atoms with Gasteiger partial charge in [0.15, 0.2) is 0 Å². The number of carbonyl (C=O) groups excluding carboxylic acids is 2. The molecule has 0 aliphatic carbocycles. The molecule has 0 saturated carbocycles. The highest BCUT2D eigenvalue weighted by Crippen LogP contribution is 2.34. The number of amides is 1. The van der Waals surface area contributed by atoms with E-state index in [4.69, 9.17) is 21.1 Å². The molecule has 0 bridgehead atoms. The lowest BCUT2D eigenvalue weighted by Crippen LogP contribution is -2.12. The van der Waals surface area contributed by atoms with Crippen molar-refractivity contribution in [3.8, 4) is 23.1 Å². The normalized spacial score (nSPS) is 9.49.